The predicted molar refractivity (Wildman–Crippen MR) is 96.2 cm³/mol. The first-order valence-corrected chi connectivity index (χ1v) is 7.34. The van der Waals surface area contributed by atoms with Crippen LogP contribution in [-0.4, -0.2) is 17.8 Å². The SMILES string of the molecule is CC(=O)Nc1cccc(NC(=O)N(S)c2ccc(C(N)=O)cc2)c1. The van der Waals surface area contributed by atoms with Crippen LogP contribution >= 0.6 is 12.8 Å². The lowest BCUT2D eigenvalue weighted by molar-refractivity contribution is -0.114. The van der Waals surface area contributed by atoms with Gasteiger partial charge in [0.1, 0.15) is 0 Å². The Morgan fingerprint density at radius 2 is 1.58 bits per heavy atom. The maximum atomic E-state index is 12.2. The third kappa shape index (κ3) is 4.50. The van der Waals surface area contributed by atoms with Gasteiger partial charge < -0.3 is 16.4 Å². The molecule has 0 bridgehead atoms. The van der Waals surface area contributed by atoms with Crippen LogP contribution in [0.15, 0.2) is 48.5 Å². The predicted octanol–water partition coefficient (Wildman–Crippen LogP) is 2.63. The molecule has 0 unspecified atom stereocenters. The third-order valence-electron chi connectivity index (χ3n) is 3.02. The Balaban J connectivity index is 2.08. The van der Waals surface area contributed by atoms with Crippen molar-refractivity contribution in [3.63, 3.8) is 0 Å². The molecular weight excluding hydrogens is 328 g/mol. The topological polar surface area (TPSA) is 105 Å². The number of amides is 4. The zero-order valence-electron chi connectivity index (χ0n) is 12.8. The number of nitrogens with one attached hydrogen (secondary N) is 2. The van der Waals surface area contributed by atoms with E-state index in [1.54, 1.807) is 36.4 Å². The summed E-state index contributed by atoms with van der Waals surface area (Å²) in [6.07, 6.45) is 0. The van der Waals surface area contributed by atoms with E-state index in [2.05, 4.69) is 23.4 Å². The first kappa shape index (κ1) is 17.4. The van der Waals surface area contributed by atoms with E-state index in [4.69, 9.17) is 5.73 Å². The molecule has 4 N–H and O–H groups in total. The molecule has 0 saturated heterocycles. The van der Waals surface area contributed by atoms with Gasteiger partial charge in [-0.1, -0.05) is 18.9 Å². The average molecular weight is 344 g/mol. The monoisotopic (exact) mass is 344 g/mol. The molecule has 8 heteroatoms. The fraction of sp³-hybridized carbons (Fsp3) is 0.0625. The van der Waals surface area contributed by atoms with Crippen LogP contribution in [0.4, 0.5) is 21.9 Å². The van der Waals surface area contributed by atoms with E-state index >= 15 is 0 Å². The van der Waals surface area contributed by atoms with Crippen molar-refractivity contribution < 1.29 is 14.4 Å². The summed E-state index contributed by atoms with van der Waals surface area (Å²) in [5.41, 5.74) is 7.04. The number of thiol groups is 1. The summed E-state index contributed by atoms with van der Waals surface area (Å²) >= 11 is 4.15. The van der Waals surface area contributed by atoms with Gasteiger partial charge in [-0.15, -0.1) is 0 Å². The zero-order valence-corrected chi connectivity index (χ0v) is 13.7. The summed E-state index contributed by atoms with van der Waals surface area (Å²) < 4.78 is 1.09. The number of rotatable bonds is 4. The van der Waals surface area contributed by atoms with Gasteiger partial charge in [-0.2, -0.15) is 0 Å². The van der Waals surface area contributed by atoms with Crippen molar-refractivity contribution in [2.45, 2.75) is 6.92 Å². The van der Waals surface area contributed by atoms with Crippen molar-refractivity contribution >= 4 is 47.7 Å². The second-order valence-electron chi connectivity index (χ2n) is 4.92. The van der Waals surface area contributed by atoms with E-state index in [1.807, 2.05) is 0 Å². The number of nitrogens with zero attached hydrogens (tertiary/aromatic N) is 1. The van der Waals surface area contributed by atoms with Gasteiger partial charge in [0.05, 0.1) is 5.69 Å². The van der Waals surface area contributed by atoms with Gasteiger partial charge in [-0.05, 0) is 42.5 Å². The van der Waals surface area contributed by atoms with E-state index in [0.29, 0.717) is 22.6 Å². The molecule has 0 spiro atoms. The Hall–Kier alpha value is -3.00. The fourth-order valence-corrected chi connectivity index (χ4v) is 2.12. The Labute approximate surface area is 144 Å². The molecule has 0 atom stereocenters. The number of primary amides is 1. The molecule has 124 valence electrons. The van der Waals surface area contributed by atoms with Gasteiger partial charge in [0.15, 0.2) is 0 Å². The molecule has 2 aromatic rings. The number of anilines is 3. The Bertz CT molecular complexity index is 777. The van der Waals surface area contributed by atoms with Crippen molar-refractivity contribution in [1.29, 1.82) is 0 Å². The third-order valence-corrected chi connectivity index (χ3v) is 3.44. The number of hydrogen-bond donors (Lipinski definition) is 4. The molecule has 0 heterocycles. The molecule has 2 aromatic carbocycles. The van der Waals surface area contributed by atoms with Gasteiger partial charge >= 0.3 is 6.03 Å². The summed E-state index contributed by atoms with van der Waals surface area (Å²) in [4.78, 5) is 34.3. The Morgan fingerprint density at radius 1 is 1.00 bits per heavy atom. The quantitative estimate of drug-likeness (QED) is 0.641. The number of carbonyl (C=O) groups excluding carboxylic acids is 3. The molecule has 2 rings (SSSR count). The number of benzene rings is 2. The van der Waals surface area contributed by atoms with E-state index in [9.17, 15) is 14.4 Å². The summed E-state index contributed by atoms with van der Waals surface area (Å²) in [5, 5.41) is 5.29. The molecule has 7 nitrogen and oxygen atoms in total. The molecule has 0 fully saturated rings. The highest BCUT2D eigenvalue weighted by atomic mass is 32.1. The maximum Gasteiger partial charge on any atom is 0.336 e. The number of nitrogens with two attached hydrogens (primary N) is 1. The van der Waals surface area contributed by atoms with Crippen LogP contribution in [0.3, 0.4) is 0 Å². The molecule has 0 saturated carbocycles. The molecule has 0 aliphatic rings. The maximum absolute atomic E-state index is 12.2. The smallest absolute Gasteiger partial charge is 0.336 e. The first-order valence-electron chi connectivity index (χ1n) is 6.94. The van der Waals surface area contributed by atoms with Crippen molar-refractivity contribution in [2.75, 3.05) is 14.9 Å². The normalized spacial score (nSPS) is 9.92. The van der Waals surface area contributed by atoms with Crippen LogP contribution in [0.2, 0.25) is 0 Å². The van der Waals surface area contributed by atoms with Gasteiger partial charge in [0.2, 0.25) is 11.8 Å². The molecule has 0 aliphatic heterocycles. The van der Waals surface area contributed by atoms with Gasteiger partial charge in [0.25, 0.3) is 0 Å². The molecule has 24 heavy (non-hydrogen) atoms. The average Bonchev–Trinajstić information content (AvgIpc) is 2.54. The van der Waals surface area contributed by atoms with Gasteiger partial charge in [0, 0.05) is 23.9 Å². The van der Waals surface area contributed by atoms with Crippen molar-refractivity contribution in [3.8, 4) is 0 Å². The van der Waals surface area contributed by atoms with Crippen molar-refractivity contribution in [1.82, 2.24) is 0 Å². The highest BCUT2D eigenvalue weighted by Gasteiger charge is 2.13. The van der Waals surface area contributed by atoms with Crippen LogP contribution < -0.4 is 20.7 Å². The lowest BCUT2D eigenvalue weighted by atomic mass is 10.2. The highest BCUT2D eigenvalue weighted by Crippen LogP contribution is 2.20. The van der Waals surface area contributed by atoms with Crippen molar-refractivity contribution in [3.05, 3.63) is 54.1 Å². The zero-order chi connectivity index (χ0) is 17.7. The fourth-order valence-electron chi connectivity index (χ4n) is 1.94. The molecule has 0 aromatic heterocycles. The second-order valence-corrected chi connectivity index (χ2v) is 5.32. The van der Waals surface area contributed by atoms with E-state index < -0.39 is 11.9 Å². The lowest BCUT2D eigenvalue weighted by Gasteiger charge is -2.17. The van der Waals surface area contributed by atoms with Crippen LogP contribution in [0.1, 0.15) is 17.3 Å². The lowest BCUT2D eigenvalue weighted by Crippen LogP contribution is -2.26. The molecule has 0 aliphatic carbocycles. The summed E-state index contributed by atoms with van der Waals surface area (Å²) in [7, 11) is 0. The van der Waals surface area contributed by atoms with Crippen LogP contribution in [0, 0.1) is 0 Å². The standard InChI is InChI=1S/C16H16N4O3S/c1-10(21)18-12-3-2-4-13(9-12)19-16(23)20(24)14-7-5-11(6-8-14)15(17)22/h2-9,24H,1H3,(H2,17,22)(H,18,21)(H,19,23). The highest BCUT2D eigenvalue weighted by molar-refractivity contribution is 7.82. The number of carbonyl (C=O) groups is 3. The number of urea groups is 1. The molecule has 0 radical (unpaired) electrons. The minimum Gasteiger partial charge on any atom is -0.366 e. The summed E-state index contributed by atoms with van der Waals surface area (Å²) in [6.45, 7) is 1.40. The van der Waals surface area contributed by atoms with E-state index in [0.717, 1.165) is 4.31 Å². The number of hydrogen-bond acceptors (Lipinski definition) is 4. The van der Waals surface area contributed by atoms with Crippen LogP contribution in [0.5, 0.6) is 0 Å². The van der Waals surface area contributed by atoms with Crippen LogP contribution in [-0.2, 0) is 4.79 Å². The van der Waals surface area contributed by atoms with E-state index in [1.165, 1.54) is 19.1 Å². The van der Waals surface area contributed by atoms with Gasteiger partial charge in [-0.3, -0.25) is 9.59 Å². The largest absolute Gasteiger partial charge is 0.366 e. The Kier molecular flexibility index (Phi) is 5.43. The van der Waals surface area contributed by atoms with Crippen molar-refractivity contribution in [2.24, 2.45) is 5.73 Å². The molecular formula is C16H16N4O3S. The minimum absolute atomic E-state index is 0.205. The Morgan fingerprint density at radius 3 is 2.12 bits per heavy atom. The van der Waals surface area contributed by atoms with Gasteiger partial charge in [-0.25, -0.2) is 9.10 Å². The second kappa shape index (κ2) is 7.51. The van der Waals surface area contributed by atoms with Crippen LogP contribution in [0.25, 0.3) is 0 Å². The minimum atomic E-state index is -0.550. The molecule has 4 amide bonds. The summed E-state index contributed by atoms with van der Waals surface area (Å²) in [6, 6.07) is 12.3. The first-order chi connectivity index (χ1) is 11.4. The van der Waals surface area contributed by atoms with E-state index in [-0.39, 0.29) is 5.91 Å². The summed E-state index contributed by atoms with van der Waals surface area (Å²) in [5.74, 6) is -0.754.